The molecule has 3 N–H and O–H groups in total. The van der Waals surface area contributed by atoms with Gasteiger partial charge in [-0.1, -0.05) is 36.3 Å². The molecule has 0 radical (unpaired) electrons. The van der Waals surface area contributed by atoms with Crippen LogP contribution in [0.25, 0.3) is 0 Å². The van der Waals surface area contributed by atoms with E-state index >= 15 is 0 Å². The number of fused-ring (bicyclic) bond motifs is 3. The highest BCUT2D eigenvalue weighted by atomic mass is 19.1. The summed E-state index contributed by atoms with van der Waals surface area (Å²) in [4.78, 5) is 0. The number of hydrogen-bond acceptors (Lipinski definition) is 12. The zero-order chi connectivity index (χ0) is 89.2. The van der Waals surface area contributed by atoms with Crippen LogP contribution in [0.4, 0.5) is 13.2 Å². The minimum atomic E-state index is -4.02. The maximum atomic E-state index is 14.4. The Labute approximate surface area is 481 Å². The Bertz CT molecular complexity index is 4960. The molecule has 6 aromatic rings. The molecule has 0 aliphatic carbocycles. The van der Waals surface area contributed by atoms with E-state index in [4.69, 9.17) is 104 Å². The van der Waals surface area contributed by atoms with Gasteiger partial charge in [0.05, 0.1) is 41.7 Å². The molecule has 12 nitrogen and oxygen atoms in total. The summed E-state index contributed by atoms with van der Waals surface area (Å²) in [6.07, 6.45) is -11.2. The van der Waals surface area contributed by atoms with Crippen LogP contribution < -0.4 is 58.6 Å². The van der Waals surface area contributed by atoms with Gasteiger partial charge >= 0.3 is 0 Å². The maximum Gasteiger partial charge on any atom is 0.231 e. The van der Waals surface area contributed by atoms with Crippen molar-refractivity contribution in [3.63, 3.8) is 0 Å². The van der Waals surface area contributed by atoms with Crippen molar-refractivity contribution < 1.29 is 117 Å². The van der Waals surface area contributed by atoms with Crippen LogP contribution in [0.15, 0.2) is 127 Å². The monoisotopic (exact) mass is 1030 g/mol. The first-order valence-electron chi connectivity index (χ1n) is 42.8. The second-order valence-electron chi connectivity index (χ2n) is 13.9. The molecule has 6 heterocycles. The van der Waals surface area contributed by atoms with Gasteiger partial charge in [0.2, 0.25) is 20.2 Å². The third-order valence-corrected chi connectivity index (χ3v) is 9.37. The Morgan fingerprint density at radius 1 is 0.472 bits per heavy atom. The molecular formula is C57H60F3N3O9. The summed E-state index contributed by atoms with van der Waals surface area (Å²) in [5.74, 6) is -28.3. The van der Waals surface area contributed by atoms with Gasteiger partial charge in [0.1, 0.15) is 42.9 Å². The van der Waals surface area contributed by atoms with E-state index < -0.39 is 252 Å². The van der Waals surface area contributed by atoms with E-state index in [1.165, 1.54) is 12.1 Å². The molecule has 0 aromatic heterocycles. The smallest absolute Gasteiger partial charge is 0.231 e. The Kier molecular flexibility index (Phi) is 6.20. The Hall–Kier alpha value is -6.81. The summed E-state index contributed by atoms with van der Waals surface area (Å²) in [7, 11) is 0. The normalized spacial score (nSPS) is 45.4. The average Bonchev–Trinajstić information content (AvgIpc) is 0.931. The standard InChI is InChI=1S/3C19H20FNO3/c3*20-15-3-1-13(2-4-15)17-7-8-21-10-14(17)11-22-16-5-6-18-19(9-16)24-12-23-18/h3*1-6,9,14,17,21H,7-8,10-12H2/t3*14-,17?/m110/s1/i1D,2D,3D,4D,7D2,8D2,10D2,11D2,12D2,14D,17D;1D,2D,3D,4D,7D2,8D2,10D2,12D2,14D,17D;1D,2D,3D,4D,7D2,8D2,10D2,11D2,12D2,17D. The number of halogens is 3. The first-order valence-corrected chi connectivity index (χ1v) is 20.3. The Balaban J connectivity index is 0.000000185. The first kappa shape index (κ1) is 18.9. The highest BCUT2D eigenvalue weighted by Crippen LogP contribution is 2.40. The van der Waals surface area contributed by atoms with Gasteiger partial charge in [0.15, 0.2) is 34.5 Å². The Morgan fingerprint density at radius 2 is 0.847 bits per heavy atom. The van der Waals surface area contributed by atoms with Gasteiger partial charge in [-0.2, -0.15) is 0 Å². The van der Waals surface area contributed by atoms with E-state index in [0.717, 1.165) is 42.5 Å². The molecule has 0 amide bonds. The fraction of sp³-hybridized carbons (Fsp3) is 0.368. The van der Waals surface area contributed by atoms with Crippen LogP contribution in [0.5, 0.6) is 51.7 Å². The predicted octanol–water partition coefficient (Wildman–Crippen LogP) is 9.98. The zero-order valence-electron chi connectivity index (χ0n) is 80.8. The minimum absolute atomic E-state index is 0.00748. The van der Waals surface area contributed by atoms with Gasteiger partial charge in [-0.05, 0) is 146 Å². The van der Waals surface area contributed by atoms with E-state index in [1.54, 1.807) is 16.0 Å². The van der Waals surface area contributed by atoms with Crippen molar-refractivity contribution in [3.05, 3.63) is 161 Å². The van der Waals surface area contributed by atoms with Crippen LogP contribution in [0, 0.1) is 35.2 Å². The van der Waals surface area contributed by atoms with Gasteiger partial charge < -0.3 is 58.6 Å². The van der Waals surface area contributed by atoms with Crippen molar-refractivity contribution in [2.24, 2.45) is 17.7 Å². The number of nitrogens with one attached hydrogen (secondary N) is 3. The highest BCUT2D eigenvalue weighted by molar-refractivity contribution is 5.48. The van der Waals surface area contributed by atoms with Crippen molar-refractivity contribution >= 4 is 0 Å². The fourth-order valence-electron chi connectivity index (χ4n) is 6.06. The number of hydrogen-bond donors (Lipinski definition) is 3. The van der Waals surface area contributed by atoms with E-state index in [1.807, 2.05) is 0 Å². The van der Waals surface area contributed by atoms with Crippen molar-refractivity contribution in [1.82, 2.24) is 16.0 Å². The van der Waals surface area contributed by atoms with Crippen LogP contribution in [-0.2, 0) is 0 Å². The first-order chi connectivity index (χ1) is 52.5. The zero-order valence-corrected chi connectivity index (χ0v) is 35.8. The van der Waals surface area contributed by atoms with E-state index in [0.29, 0.717) is 0 Å². The van der Waals surface area contributed by atoms with Crippen molar-refractivity contribution in [3.8, 4) is 51.7 Å². The van der Waals surface area contributed by atoms with Gasteiger partial charge in [-0.25, -0.2) is 13.2 Å². The van der Waals surface area contributed by atoms with E-state index in [-0.39, 0.29) is 40.2 Å². The van der Waals surface area contributed by atoms with Crippen LogP contribution in [-0.4, -0.2) is 78.9 Å². The fourth-order valence-corrected chi connectivity index (χ4v) is 6.06. The summed E-state index contributed by atoms with van der Waals surface area (Å²) in [5.41, 5.74) is -4.00. The topological polar surface area (TPSA) is 119 Å². The average molecular weight is 1030 g/mol. The molecule has 3 saturated heterocycles. The van der Waals surface area contributed by atoms with Gasteiger partial charge in [0.25, 0.3) is 0 Å². The molecule has 15 heteroatoms. The van der Waals surface area contributed by atoms with Crippen LogP contribution in [0.1, 0.15) is 115 Å². The number of rotatable bonds is 12. The predicted molar refractivity (Wildman–Crippen MR) is 265 cm³/mol. The molecular weight excluding hydrogens is 928 g/mol. The quantitative estimate of drug-likeness (QED) is 0.108. The van der Waals surface area contributed by atoms with Crippen LogP contribution >= 0.6 is 0 Å². The maximum absolute atomic E-state index is 14.4. The summed E-state index contributed by atoms with van der Waals surface area (Å²) in [6, 6.07) is -6.63. The highest BCUT2D eigenvalue weighted by Gasteiger charge is 2.30. The summed E-state index contributed by atoms with van der Waals surface area (Å²) in [5, 5.41) is 4.96. The Morgan fingerprint density at radius 3 is 1.33 bits per heavy atom. The molecule has 12 rings (SSSR count). The lowest BCUT2D eigenvalue weighted by atomic mass is 9.81. The summed E-state index contributed by atoms with van der Waals surface area (Å²) < 4.78 is 460. The summed E-state index contributed by atoms with van der Waals surface area (Å²) in [6.45, 7) is -37.1. The lowest BCUT2D eigenvalue weighted by Gasteiger charge is -2.32. The largest absolute Gasteiger partial charge is 0.493 e. The SMILES string of the molecule is [2H]c1c([2H])c(C2([2H])C([2H])([2H])C([2H])([2H])NC([2H])([2H])[C@]2([2H])C([2H])([2H])Oc2ccc3c(c2)OC([2H])([2H])O3)c([2H])c([2H])c1F.[2H]c1c([2H])c(C2([2H])C([2H])([2H])C([2H])([2H])NC([2H])([2H])[C@]2([2H])COc2ccc3c(c2)OC([2H])([2H])O3)c([2H])c([2H])c1F.[2H]c1c([2H])c(C2([2H])[C@H](C([2H])([2H])Oc3ccc4c(c3)OC([2H])([2H])O4)C([2H])([2H])NC([2H])([2H])C2([2H])[2H])c([2H])c([2H])c1F. The molecule has 3 fully saturated rings. The lowest BCUT2D eigenvalue weighted by molar-refractivity contribution is 0.173. The minimum Gasteiger partial charge on any atom is -0.493 e. The number of ether oxygens (including phenoxy) is 9. The van der Waals surface area contributed by atoms with Crippen LogP contribution in [0.3, 0.4) is 0 Å². The molecule has 72 heavy (non-hydrogen) atoms. The lowest BCUT2D eigenvalue weighted by Crippen LogP contribution is -2.38. The molecule has 6 aromatic carbocycles. The van der Waals surface area contributed by atoms with Crippen molar-refractivity contribution in [2.45, 2.75) is 36.8 Å². The molecule has 0 bridgehead atoms. The molecule has 378 valence electrons. The van der Waals surface area contributed by atoms with E-state index in [9.17, 15) is 13.2 Å². The van der Waals surface area contributed by atoms with Gasteiger partial charge in [-0.3, -0.25) is 0 Å². The van der Waals surface area contributed by atoms with Crippen molar-refractivity contribution in [2.75, 3.05) is 78.9 Å². The molecule has 0 saturated carbocycles. The second-order valence-corrected chi connectivity index (χ2v) is 13.9. The van der Waals surface area contributed by atoms with Gasteiger partial charge in [0, 0.05) is 86.9 Å². The third kappa shape index (κ3) is 12.4. The molecule has 6 aliphatic rings. The number of benzene rings is 6. The third-order valence-electron chi connectivity index (χ3n) is 9.37. The number of piperidine rings is 3. The van der Waals surface area contributed by atoms with Crippen molar-refractivity contribution in [1.29, 1.82) is 0 Å². The molecule has 6 atom stereocenters. The van der Waals surface area contributed by atoms with Gasteiger partial charge in [-0.15, -0.1) is 0 Å². The summed E-state index contributed by atoms with van der Waals surface area (Å²) >= 11 is 0. The van der Waals surface area contributed by atoms with Crippen LogP contribution in [0.2, 0.25) is 0 Å². The molecule has 6 aliphatic heterocycles. The second kappa shape index (κ2) is 23.6. The molecule has 0 spiro atoms. The molecule has 3 unspecified atom stereocenters. The van der Waals surface area contributed by atoms with E-state index in [2.05, 4.69) is 0 Å².